The van der Waals surface area contributed by atoms with Crippen LogP contribution in [0.4, 0.5) is 0 Å². The van der Waals surface area contributed by atoms with Crippen LogP contribution in [0.25, 0.3) is 0 Å². The molecule has 0 bridgehead atoms. The molecule has 0 aliphatic carbocycles. The van der Waals surface area contributed by atoms with Gasteiger partial charge >= 0.3 is 0 Å². The molecule has 0 aromatic rings. The largest absolute Gasteiger partial charge is 0.274 e. The van der Waals surface area contributed by atoms with Crippen molar-refractivity contribution in [2.24, 2.45) is 9.98 Å². The summed E-state index contributed by atoms with van der Waals surface area (Å²) >= 11 is 11.1. The van der Waals surface area contributed by atoms with Gasteiger partial charge in [0.25, 0.3) is 0 Å². The first-order chi connectivity index (χ1) is 5.59. The lowest BCUT2D eigenvalue weighted by atomic mass is 10.7. The number of hydrogen-bond acceptors (Lipinski definition) is 4. The van der Waals surface area contributed by atoms with Gasteiger partial charge in [0.1, 0.15) is 6.34 Å². The van der Waals surface area contributed by atoms with Crippen LogP contribution < -0.4 is 5.43 Å². The number of hydrogen-bond donors (Lipinski definition) is 1. The summed E-state index contributed by atoms with van der Waals surface area (Å²) in [4.78, 5) is 17.9. The lowest BCUT2D eigenvalue weighted by Gasteiger charge is -2.23. The van der Waals surface area contributed by atoms with Gasteiger partial charge in [-0.15, -0.1) is 0 Å². The van der Waals surface area contributed by atoms with E-state index in [9.17, 15) is 4.79 Å². The number of rotatable bonds is 1. The Bertz CT molecular complexity index is 252. The zero-order valence-electron chi connectivity index (χ0n) is 6.16. The molecule has 0 saturated carbocycles. The van der Waals surface area contributed by atoms with Crippen LogP contribution in [0.5, 0.6) is 0 Å². The summed E-state index contributed by atoms with van der Waals surface area (Å²) in [6, 6.07) is 0. The molecule has 0 aromatic carbocycles. The molecule has 5 nitrogen and oxygen atoms in total. The van der Waals surface area contributed by atoms with E-state index in [-0.39, 0.29) is 11.2 Å². The van der Waals surface area contributed by atoms with Crippen molar-refractivity contribution in [1.29, 1.82) is 0 Å². The number of alkyl halides is 1. The highest BCUT2D eigenvalue weighted by atomic mass is 35.5. The molecule has 1 N–H and O–H groups in total. The van der Waals surface area contributed by atoms with E-state index >= 15 is 0 Å². The molecule has 66 valence electrons. The van der Waals surface area contributed by atoms with Crippen molar-refractivity contribution in [1.82, 2.24) is 10.4 Å². The molecule has 1 aliphatic heterocycles. The number of carbonyl (C=O) groups is 1. The van der Waals surface area contributed by atoms with E-state index in [0.717, 1.165) is 0 Å². The minimum atomic E-state index is -0.737. The molecule has 7 heteroatoms. The van der Waals surface area contributed by atoms with E-state index in [2.05, 4.69) is 15.4 Å². The Morgan fingerprint density at radius 2 is 2.50 bits per heavy atom. The molecule has 0 spiro atoms. The van der Waals surface area contributed by atoms with Crippen molar-refractivity contribution in [2.75, 3.05) is 0 Å². The summed E-state index contributed by atoms with van der Waals surface area (Å²) < 4.78 is 0. The van der Waals surface area contributed by atoms with Crippen molar-refractivity contribution < 1.29 is 4.79 Å². The monoisotopic (exact) mass is 208 g/mol. The van der Waals surface area contributed by atoms with Gasteiger partial charge in [0.15, 0.2) is 0 Å². The van der Waals surface area contributed by atoms with E-state index < -0.39 is 5.62 Å². The van der Waals surface area contributed by atoms with E-state index in [1.807, 2.05) is 0 Å². The van der Waals surface area contributed by atoms with Gasteiger partial charge in [0.05, 0.1) is 0 Å². The molecule has 0 aromatic heterocycles. The Morgan fingerprint density at radius 3 is 3.00 bits per heavy atom. The SMILES string of the molecule is CC(=O)NN1C=NC(Cl)=NC1Cl. The Hall–Kier alpha value is -0.810. The first kappa shape index (κ1) is 9.28. The van der Waals surface area contributed by atoms with E-state index in [0.29, 0.717) is 0 Å². The number of nitrogens with zero attached hydrogens (tertiary/aromatic N) is 3. The molecule has 1 amide bonds. The molecule has 1 unspecified atom stereocenters. The summed E-state index contributed by atoms with van der Waals surface area (Å²) in [7, 11) is 0. The number of aliphatic imine (C=N–C) groups is 2. The average molecular weight is 209 g/mol. The first-order valence-electron chi connectivity index (χ1n) is 3.06. The second-order valence-electron chi connectivity index (χ2n) is 2.03. The molecule has 1 aliphatic rings. The molecule has 1 atom stereocenters. The van der Waals surface area contributed by atoms with E-state index in [4.69, 9.17) is 23.2 Å². The van der Waals surface area contributed by atoms with Crippen molar-refractivity contribution in [2.45, 2.75) is 12.5 Å². The number of carbonyl (C=O) groups excluding carboxylic acids is 1. The topological polar surface area (TPSA) is 57.1 Å². The van der Waals surface area contributed by atoms with Gasteiger partial charge in [-0.25, -0.2) is 15.0 Å². The zero-order valence-corrected chi connectivity index (χ0v) is 7.67. The lowest BCUT2D eigenvalue weighted by Crippen LogP contribution is -2.45. The maximum absolute atomic E-state index is 10.6. The van der Waals surface area contributed by atoms with Crippen molar-refractivity contribution in [3.63, 3.8) is 0 Å². The highest BCUT2D eigenvalue weighted by molar-refractivity contribution is 6.65. The predicted octanol–water partition coefficient (Wildman–Crippen LogP) is 0.499. The normalized spacial score (nSPS) is 22.1. The van der Waals surface area contributed by atoms with Crippen LogP contribution in [0.15, 0.2) is 9.98 Å². The second-order valence-corrected chi connectivity index (χ2v) is 2.76. The molecule has 12 heavy (non-hydrogen) atoms. The van der Waals surface area contributed by atoms with Crippen LogP contribution in [-0.4, -0.2) is 28.2 Å². The summed E-state index contributed by atoms with van der Waals surface area (Å²) in [6.45, 7) is 1.36. The Kier molecular flexibility index (Phi) is 2.88. The number of halogens is 2. The van der Waals surface area contributed by atoms with Gasteiger partial charge in [-0.3, -0.25) is 10.2 Å². The standard InChI is InChI=1S/C5H6Cl2N4O/c1-3(12)10-11-2-8-4(6)9-5(11)7/h2,5H,1H3,(H,10,12). The van der Waals surface area contributed by atoms with Crippen LogP contribution in [-0.2, 0) is 4.79 Å². The number of nitrogens with one attached hydrogen (secondary N) is 1. The molecule has 0 fully saturated rings. The van der Waals surface area contributed by atoms with Crippen LogP contribution in [0.3, 0.4) is 0 Å². The van der Waals surface area contributed by atoms with E-state index in [1.54, 1.807) is 0 Å². The van der Waals surface area contributed by atoms with Gasteiger partial charge in [-0.05, 0) is 11.6 Å². The zero-order chi connectivity index (χ0) is 9.14. The summed E-state index contributed by atoms with van der Waals surface area (Å²) in [5.41, 5.74) is 1.66. The van der Waals surface area contributed by atoms with Gasteiger partial charge in [0.2, 0.25) is 16.8 Å². The molecular weight excluding hydrogens is 203 g/mol. The molecular formula is C5H6Cl2N4O. The molecule has 0 saturated heterocycles. The fraction of sp³-hybridized carbons (Fsp3) is 0.400. The summed E-state index contributed by atoms with van der Waals surface area (Å²) in [6.07, 6.45) is 1.30. The van der Waals surface area contributed by atoms with Crippen LogP contribution in [0.2, 0.25) is 0 Å². The number of amides is 1. The highest BCUT2D eigenvalue weighted by Crippen LogP contribution is 2.08. The minimum Gasteiger partial charge on any atom is -0.274 e. The Morgan fingerprint density at radius 1 is 1.83 bits per heavy atom. The second kappa shape index (κ2) is 3.73. The number of hydrazine groups is 1. The van der Waals surface area contributed by atoms with Crippen molar-refractivity contribution in [3.8, 4) is 0 Å². The smallest absolute Gasteiger partial charge is 0.235 e. The minimum absolute atomic E-state index is 0.0663. The third-order valence-corrected chi connectivity index (χ3v) is 1.52. The van der Waals surface area contributed by atoms with Gasteiger partial charge in [-0.2, -0.15) is 0 Å². The van der Waals surface area contributed by atoms with Crippen LogP contribution in [0.1, 0.15) is 6.92 Å². The lowest BCUT2D eigenvalue weighted by molar-refractivity contribution is -0.122. The van der Waals surface area contributed by atoms with Crippen molar-refractivity contribution >= 4 is 40.7 Å². The van der Waals surface area contributed by atoms with Gasteiger partial charge in [-0.1, -0.05) is 11.6 Å². The Balaban J connectivity index is 2.60. The third-order valence-electron chi connectivity index (χ3n) is 1.02. The Labute approximate surface area is 79.0 Å². The average Bonchev–Trinajstić information content (AvgIpc) is 1.94. The van der Waals surface area contributed by atoms with Crippen LogP contribution in [0, 0.1) is 0 Å². The fourth-order valence-corrected chi connectivity index (χ4v) is 0.990. The fourth-order valence-electron chi connectivity index (χ4n) is 0.612. The maximum Gasteiger partial charge on any atom is 0.235 e. The number of amidine groups is 1. The van der Waals surface area contributed by atoms with Gasteiger partial charge in [0, 0.05) is 6.92 Å². The molecule has 1 heterocycles. The van der Waals surface area contributed by atoms with Crippen LogP contribution >= 0.6 is 23.2 Å². The third kappa shape index (κ3) is 2.35. The summed E-state index contributed by atoms with van der Waals surface area (Å²) in [5.74, 6) is -0.250. The molecule has 0 radical (unpaired) electrons. The summed E-state index contributed by atoms with van der Waals surface area (Å²) in [5, 5.41) is 1.31. The van der Waals surface area contributed by atoms with Crippen molar-refractivity contribution in [3.05, 3.63) is 0 Å². The quantitative estimate of drug-likeness (QED) is 0.504. The van der Waals surface area contributed by atoms with E-state index in [1.165, 1.54) is 18.3 Å². The predicted molar refractivity (Wildman–Crippen MR) is 47.1 cm³/mol. The first-order valence-corrected chi connectivity index (χ1v) is 3.88. The highest BCUT2D eigenvalue weighted by Gasteiger charge is 2.16. The van der Waals surface area contributed by atoms with Gasteiger partial charge < -0.3 is 0 Å². The molecule has 1 rings (SSSR count). The maximum atomic E-state index is 10.6.